The lowest BCUT2D eigenvalue weighted by atomic mass is 10.2. The Morgan fingerprint density at radius 2 is 2.08 bits per heavy atom. The lowest BCUT2D eigenvalue weighted by Gasteiger charge is -2.13. The van der Waals surface area contributed by atoms with Gasteiger partial charge in [0.15, 0.2) is 0 Å². The second-order valence-electron chi connectivity index (χ2n) is 3.67. The Morgan fingerprint density at radius 1 is 1.46 bits per heavy atom. The van der Waals surface area contributed by atoms with Crippen LogP contribution in [0.15, 0.2) is 10.5 Å². The second kappa shape index (κ2) is 3.94. The van der Waals surface area contributed by atoms with E-state index in [1.54, 1.807) is 0 Å². The molecule has 3 nitrogen and oxygen atoms in total. The summed E-state index contributed by atoms with van der Waals surface area (Å²) in [6.45, 7) is 4.47. The van der Waals surface area contributed by atoms with Gasteiger partial charge >= 0.3 is 0 Å². The summed E-state index contributed by atoms with van der Waals surface area (Å²) in [6.07, 6.45) is -0.526. The number of aryl methyl sites for hydroxylation is 2. The van der Waals surface area contributed by atoms with Crippen molar-refractivity contribution in [1.29, 1.82) is 0 Å². The van der Waals surface area contributed by atoms with Crippen molar-refractivity contribution in [3.63, 3.8) is 0 Å². The van der Waals surface area contributed by atoms with Crippen LogP contribution < -0.4 is 0 Å². The number of hydrogen-bond acceptors (Lipinski definition) is 3. The Hall–Kier alpha value is -0.800. The zero-order valence-electron chi connectivity index (χ0n) is 8.66. The summed E-state index contributed by atoms with van der Waals surface area (Å²) < 4.78 is 5.40. The third-order valence-corrected chi connectivity index (χ3v) is 2.05. The average Bonchev–Trinajstić information content (AvgIpc) is 2.31. The van der Waals surface area contributed by atoms with Gasteiger partial charge in [0.05, 0.1) is 0 Å². The molecule has 1 rings (SSSR count). The number of aliphatic hydroxyl groups excluding tert-OH is 1. The second-order valence-corrected chi connectivity index (χ2v) is 3.67. The molecular weight excluding hydrogens is 166 g/mol. The van der Waals surface area contributed by atoms with Crippen molar-refractivity contribution >= 4 is 0 Å². The highest BCUT2D eigenvalue weighted by Crippen LogP contribution is 2.20. The Bertz CT molecular complexity index is 259. The molecule has 74 valence electrons. The number of rotatable bonds is 3. The van der Waals surface area contributed by atoms with Gasteiger partial charge < -0.3 is 14.4 Å². The van der Waals surface area contributed by atoms with E-state index < -0.39 is 6.10 Å². The van der Waals surface area contributed by atoms with Gasteiger partial charge in [0.25, 0.3) is 0 Å². The molecule has 1 unspecified atom stereocenters. The highest BCUT2D eigenvalue weighted by molar-refractivity contribution is 5.20. The van der Waals surface area contributed by atoms with Gasteiger partial charge in [-0.25, -0.2) is 0 Å². The van der Waals surface area contributed by atoms with Crippen LogP contribution in [0.3, 0.4) is 0 Å². The molecule has 0 aliphatic rings. The smallest absolute Gasteiger partial charge is 0.134 e. The molecule has 13 heavy (non-hydrogen) atoms. The highest BCUT2D eigenvalue weighted by atomic mass is 16.4. The van der Waals surface area contributed by atoms with Gasteiger partial charge in [-0.05, 0) is 39.6 Å². The molecule has 1 aromatic heterocycles. The zero-order chi connectivity index (χ0) is 10.0. The number of likely N-dealkylation sites (N-methyl/N-ethyl adjacent to an activating group) is 1. The van der Waals surface area contributed by atoms with E-state index in [4.69, 9.17) is 4.42 Å². The first-order valence-corrected chi connectivity index (χ1v) is 4.40. The standard InChI is InChI=1S/C10H17NO2/c1-7-5-10(13-8(7)2)9(12)6-11(3)4/h5,9,12H,6H2,1-4H3. The maximum atomic E-state index is 9.69. The lowest BCUT2D eigenvalue weighted by Crippen LogP contribution is -2.19. The summed E-state index contributed by atoms with van der Waals surface area (Å²) in [7, 11) is 3.84. The van der Waals surface area contributed by atoms with Crippen LogP contribution >= 0.6 is 0 Å². The SMILES string of the molecule is Cc1cc(C(O)CN(C)C)oc1C. The van der Waals surface area contributed by atoms with Crippen molar-refractivity contribution in [3.05, 3.63) is 23.2 Å². The molecule has 0 bridgehead atoms. The van der Waals surface area contributed by atoms with E-state index >= 15 is 0 Å². The van der Waals surface area contributed by atoms with Crippen LogP contribution in [0, 0.1) is 13.8 Å². The molecule has 0 fully saturated rings. The van der Waals surface area contributed by atoms with E-state index in [1.165, 1.54) is 0 Å². The van der Waals surface area contributed by atoms with E-state index in [0.717, 1.165) is 11.3 Å². The first kappa shape index (κ1) is 10.3. The fourth-order valence-corrected chi connectivity index (χ4v) is 1.20. The predicted octanol–water partition coefficient (Wildman–Crippen LogP) is 1.49. The van der Waals surface area contributed by atoms with E-state index in [1.807, 2.05) is 38.9 Å². The minimum Gasteiger partial charge on any atom is -0.463 e. The third kappa shape index (κ3) is 2.57. The van der Waals surface area contributed by atoms with Crippen molar-refractivity contribution in [2.45, 2.75) is 20.0 Å². The first-order valence-electron chi connectivity index (χ1n) is 4.40. The van der Waals surface area contributed by atoms with Gasteiger partial charge in [-0.15, -0.1) is 0 Å². The molecule has 0 spiro atoms. The Balaban J connectivity index is 2.71. The summed E-state index contributed by atoms with van der Waals surface area (Å²) in [6, 6.07) is 1.89. The summed E-state index contributed by atoms with van der Waals surface area (Å²) in [5.41, 5.74) is 1.09. The largest absolute Gasteiger partial charge is 0.463 e. The molecule has 1 N–H and O–H groups in total. The van der Waals surface area contributed by atoms with Gasteiger partial charge in [-0.1, -0.05) is 0 Å². The molecule has 3 heteroatoms. The van der Waals surface area contributed by atoms with Crippen LogP contribution in [0.1, 0.15) is 23.2 Å². The molecule has 1 aromatic rings. The molecule has 0 radical (unpaired) electrons. The monoisotopic (exact) mass is 183 g/mol. The van der Waals surface area contributed by atoms with Crippen LogP contribution in [0.5, 0.6) is 0 Å². The number of aliphatic hydroxyl groups is 1. The molecule has 0 saturated carbocycles. The van der Waals surface area contributed by atoms with Crippen molar-refractivity contribution < 1.29 is 9.52 Å². The van der Waals surface area contributed by atoms with Gasteiger partial charge in [0.2, 0.25) is 0 Å². The van der Waals surface area contributed by atoms with Crippen molar-refractivity contribution in [2.75, 3.05) is 20.6 Å². The topological polar surface area (TPSA) is 36.6 Å². The molecule has 0 aromatic carbocycles. The minimum atomic E-state index is -0.526. The third-order valence-electron chi connectivity index (χ3n) is 2.05. The molecular formula is C10H17NO2. The maximum absolute atomic E-state index is 9.69. The quantitative estimate of drug-likeness (QED) is 0.771. The van der Waals surface area contributed by atoms with Gasteiger partial charge in [-0.2, -0.15) is 0 Å². The predicted molar refractivity (Wildman–Crippen MR) is 51.7 cm³/mol. The fraction of sp³-hybridized carbons (Fsp3) is 0.600. The molecule has 0 amide bonds. The molecule has 0 saturated heterocycles. The molecule has 1 atom stereocenters. The Labute approximate surface area is 79.0 Å². The summed E-state index contributed by atoms with van der Waals surface area (Å²) >= 11 is 0. The maximum Gasteiger partial charge on any atom is 0.134 e. The van der Waals surface area contributed by atoms with Gasteiger partial charge in [-0.3, -0.25) is 0 Å². The lowest BCUT2D eigenvalue weighted by molar-refractivity contribution is 0.115. The number of hydrogen-bond donors (Lipinski definition) is 1. The van der Waals surface area contributed by atoms with Crippen molar-refractivity contribution in [3.8, 4) is 0 Å². The van der Waals surface area contributed by atoms with Crippen LogP contribution in [0.4, 0.5) is 0 Å². The number of nitrogens with zero attached hydrogens (tertiary/aromatic N) is 1. The van der Waals surface area contributed by atoms with Crippen LogP contribution in [-0.2, 0) is 0 Å². The van der Waals surface area contributed by atoms with Gasteiger partial charge in [0, 0.05) is 6.54 Å². The van der Waals surface area contributed by atoms with Crippen LogP contribution in [0.2, 0.25) is 0 Å². The number of furan rings is 1. The summed E-state index contributed by atoms with van der Waals surface area (Å²) in [5.74, 6) is 1.54. The summed E-state index contributed by atoms with van der Waals surface area (Å²) in [5, 5.41) is 9.69. The Kier molecular flexibility index (Phi) is 3.12. The van der Waals surface area contributed by atoms with Crippen molar-refractivity contribution in [2.24, 2.45) is 0 Å². The highest BCUT2D eigenvalue weighted by Gasteiger charge is 2.13. The average molecular weight is 183 g/mol. The van der Waals surface area contributed by atoms with E-state index in [2.05, 4.69) is 0 Å². The van der Waals surface area contributed by atoms with Crippen LogP contribution in [-0.4, -0.2) is 30.6 Å². The normalized spacial score (nSPS) is 13.7. The van der Waals surface area contributed by atoms with E-state index in [9.17, 15) is 5.11 Å². The van der Waals surface area contributed by atoms with Crippen molar-refractivity contribution in [1.82, 2.24) is 4.90 Å². The molecule has 0 aliphatic heterocycles. The fourth-order valence-electron chi connectivity index (χ4n) is 1.20. The minimum absolute atomic E-state index is 0.526. The van der Waals surface area contributed by atoms with E-state index in [0.29, 0.717) is 12.3 Å². The van der Waals surface area contributed by atoms with Crippen LogP contribution in [0.25, 0.3) is 0 Å². The zero-order valence-corrected chi connectivity index (χ0v) is 8.66. The molecule has 1 heterocycles. The van der Waals surface area contributed by atoms with Gasteiger partial charge in [0.1, 0.15) is 17.6 Å². The molecule has 0 aliphatic carbocycles. The Morgan fingerprint density at radius 3 is 2.46 bits per heavy atom. The summed E-state index contributed by atoms with van der Waals surface area (Å²) in [4.78, 5) is 1.93. The van der Waals surface area contributed by atoms with E-state index in [-0.39, 0.29) is 0 Å². The first-order chi connectivity index (χ1) is 6.00.